The van der Waals surface area contributed by atoms with Crippen molar-refractivity contribution in [1.29, 1.82) is 0 Å². The number of hydrogen-bond acceptors (Lipinski definition) is 0. The van der Waals surface area contributed by atoms with Crippen LogP contribution in [0.25, 0.3) is 16.7 Å². The maximum absolute atomic E-state index is 2.53. The predicted octanol–water partition coefficient (Wildman–Crippen LogP) is 10.5. The van der Waals surface area contributed by atoms with E-state index in [0.29, 0.717) is 17.8 Å². The van der Waals surface area contributed by atoms with Gasteiger partial charge in [0.15, 0.2) is 0 Å². The van der Waals surface area contributed by atoms with Crippen LogP contribution in [-0.4, -0.2) is 0 Å². The summed E-state index contributed by atoms with van der Waals surface area (Å²) in [5.41, 5.74) is 21.5. The SMILES string of the molecule is CC1=C(C)C(c2cc(C3C(C)=C(C)c4ccccc43)cc(C3C(C)=C(C)c4ccccc43)c2)c2ccccc21. The topological polar surface area (TPSA) is 0 Å². The first-order valence-corrected chi connectivity index (χ1v) is 14.3. The maximum atomic E-state index is 2.53. The van der Waals surface area contributed by atoms with E-state index in [1.807, 2.05) is 0 Å². The lowest BCUT2D eigenvalue weighted by molar-refractivity contribution is 0.904. The van der Waals surface area contributed by atoms with Crippen molar-refractivity contribution in [2.75, 3.05) is 0 Å². The second-order valence-electron chi connectivity index (χ2n) is 11.9. The fourth-order valence-corrected chi connectivity index (χ4v) is 7.75. The van der Waals surface area contributed by atoms with E-state index >= 15 is 0 Å². The van der Waals surface area contributed by atoms with E-state index in [1.165, 1.54) is 83.5 Å². The highest BCUT2D eigenvalue weighted by atomic mass is 14.4. The molecule has 3 unspecified atom stereocenters. The van der Waals surface area contributed by atoms with Gasteiger partial charge in [-0.1, -0.05) is 108 Å². The van der Waals surface area contributed by atoms with Crippen molar-refractivity contribution in [2.45, 2.75) is 59.3 Å². The van der Waals surface area contributed by atoms with E-state index in [0.717, 1.165) is 0 Å². The largest absolute Gasteiger partial charge is 0.0619 e. The third kappa shape index (κ3) is 3.44. The Labute approximate surface area is 233 Å². The average molecular weight is 505 g/mol. The standard InChI is InChI=1S/C39H36/c1-22-25(4)37(34-16-10-7-13-31(22)34)28-19-29(38-26(5)23(2)32-14-8-11-17-35(32)38)21-30(20-28)39-27(6)24(3)33-15-9-12-18-36(33)39/h7-21,37-39H,1-6H3. The first-order chi connectivity index (χ1) is 18.9. The Kier molecular flexibility index (Phi) is 5.46. The molecule has 0 spiro atoms. The zero-order chi connectivity index (χ0) is 27.0. The van der Waals surface area contributed by atoms with E-state index < -0.39 is 0 Å². The monoisotopic (exact) mass is 504 g/mol. The molecular formula is C39H36. The quantitative estimate of drug-likeness (QED) is 0.260. The number of benzene rings is 4. The van der Waals surface area contributed by atoms with Gasteiger partial charge in [-0.2, -0.15) is 0 Å². The molecule has 0 heteroatoms. The van der Waals surface area contributed by atoms with Crippen LogP contribution in [0, 0.1) is 0 Å². The zero-order valence-corrected chi connectivity index (χ0v) is 23.9. The highest BCUT2D eigenvalue weighted by Crippen LogP contribution is 2.51. The predicted molar refractivity (Wildman–Crippen MR) is 166 cm³/mol. The smallest absolute Gasteiger partial charge is 0.0308 e. The molecule has 39 heavy (non-hydrogen) atoms. The Morgan fingerprint density at radius 3 is 0.897 bits per heavy atom. The highest BCUT2D eigenvalue weighted by molar-refractivity contribution is 5.82. The van der Waals surface area contributed by atoms with Gasteiger partial charge in [-0.25, -0.2) is 0 Å². The van der Waals surface area contributed by atoms with Crippen molar-refractivity contribution in [3.05, 3.63) is 158 Å². The molecule has 0 heterocycles. The van der Waals surface area contributed by atoms with Gasteiger partial charge in [0.1, 0.15) is 0 Å². The van der Waals surface area contributed by atoms with E-state index in [4.69, 9.17) is 0 Å². The highest BCUT2D eigenvalue weighted by Gasteiger charge is 2.34. The first-order valence-electron chi connectivity index (χ1n) is 14.3. The average Bonchev–Trinajstić information content (AvgIpc) is 3.48. The molecule has 0 radical (unpaired) electrons. The molecule has 3 aliphatic rings. The van der Waals surface area contributed by atoms with Crippen LogP contribution >= 0.6 is 0 Å². The van der Waals surface area contributed by atoms with Gasteiger partial charge in [0, 0.05) is 17.8 Å². The summed E-state index contributed by atoms with van der Waals surface area (Å²) in [7, 11) is 0. The summed E-state index contributed by atoms with van der Waals surface area (Å²) >= 11 is 0. The lowest BCUT2D eigenvalue weighted by Gasteiger charge is -2.24. The number of fused-ring (bicyclic) bond motifs is 3. The van der Waals surface area contributed by atoms with Crippen LogP contribution in [0.3, 0.4) is 0 Å². The lowest BCUT2D eigenvalue weighted by Crippen LogP contribution is -2.08. The maximum Gasteiger partial charge on any atom is 0.0308 e. The summed E-state index contributed by atoms with van der Waals surface area (Å²) in [6.07, 6.45) is 0. The molecule has 0 N–H and O–H groups in total. The van der Waals surface area contributed by atoms with Gasteiger partial charge in [-0.05, 0) is 108 Å². The van der Waals surface area contributed by atoms with Crippen LogP contribution in [0.15, 0.2) is 108 Å². The van der Waals surface area contributed by atoms with Crippen molar-refractivity contribution in [3.8, 4) is 0 Å². The Morgan fingerprint density at radius 1 is 0.359 bits per heavy atom. The van der Waals surface area contributed by atoms with Gasteiger partial charge in [0.2, 0.25) is 0 Å². The van der Waals surface area contributed by atoms with Crippen LogP contribution < -0.4 is 0 Å². The Bertz CT molecular complexity index is 1550. The molecule has 0 aliphatic heterocycles. The summed E-state index contributed by atoms with van der Waals surface area (Å²) in [6, 6.07) is 34.7. The van der Waals surface area contributed by atoms with Crippen molar-refractivity contribution < 1.29 is 0 Å². The Hall–Kier alpha value is -3.90. The third-order valence-electron chi connectivity index (χ3n) is 10.1. The van der Waals surface area contributed by atoms with Gasteiger partial charge in [0.25, 0.3) is 0 Å². The lowest BCUT2D eigenvalue weighted by atomic mass is 9.79. The number of allylic oxidation sites excluding steroid dienone is 6. The molecule has 3 atom stereocenters. The second-order valence-corrected chi connectivity index (χ2v) is 11.9. The number of hydrogen-bond donors (Lipinski definition) is 0. The summed E-state index contributed by atoms with van der Waals surface area (Å²) in [5, 5.41) is 0. The van der Waals surface area contributed by atoms with E-state index in [2.05, 4.69) is 133 Å². The van der Waals surface area contributed by atoms with Crippen molar-refractivity contribution in [1.82, 2.24) is 0 Å². The molecule has 0 saturated carbocycles. The van der Waals surface area contributed by atoms with Crippen LogP contribution in [0.2, 0.25) is 0 Å². The van der Waals surface area contributed by atoms with Crippen LogP contribution in [0.1, 0.15) is 109 Å². The molecule has 0 fully saturated rings. The van der Waals surface area contributed by atoms with Crippen molar-refractivity contribution in [2.24, 2.45) is 0 Å². The Morgan fingerprint density at radius 2 is 0.615 bits per heavy atom. The fraction of sp³-hybridized carbons (Fsp3) is 0.231. The summed E-state index contributed by atoms with van der Waals surface area (Å²) in [6.45, 7) is 13.9. The second kappa shape index (κ2) is 8.82. The minimum atomic E-state index is 0.295. The molecule has 0 nitrogen and oxygen atoms in total. The first kappa shape index (κ1) is 24.2. The van der Waals surface area contributed by atoms with Crippen molar-refractivity contribution in [3.63, 3.8) is 0 Å². The third-order valence-corrected chi connectivity index (χ3v) is 10.1. The molecule has 0 aromatic heterocycles. The molecular weight excluding hydrogens is 468 g/mol. The zero-order valence-electron chi connectivity index (χ0n) is 23.9. The van der Waals surface area contributed by atoms with Gasteiger partial charge in [0.05, 0.1) is 0 Å². The molecule has 0 bridgehead atoms. The molecule has 3 aliphatic carbocycles. The summed E-state index contributed by atoms with van der Waals surface area (Å²) in [5.74, 6) is 0.886. The van der Waals surface area contributed by atoms with E-state index in [9.17, 15) is 0 Å². The van der Waals surface area contributed by atoms with Crippen LogP contribution in [0.5, 0.6) is 0 Å². The van der Waals surface area contributed by atoms with Gasteiger partial charge in [-0.15, -0.1) is 0 Å². The van der Waals surface area contributed by atoms with E-state index in [1.54, 1.807) is 0 Å². The van der Waals surface area contributed by atoms with Crippen LogP contribution in [-0.2, 0) is 0 Å². The van der Waals surface area contributed by atoms with E-state index in [-0.39, 0.29) is 0 Å². The Balaban J connectivity index is 1.48. The van der Waals surface area contributed by atoms with Crippen LogP contribution in [0.4, 0.5) is 0 Å². The molecule has 192 valence electrons. The summed E-state index contributed by atoms with van der Waals surface area (Å²) in [4.78, 5) is 0. The minimum absolute atomic E-state index is 0.295. The molecule has 7 rings (SSSR count). The number of rotatable bonds is 3. The van der Waals surface area contributed by atoms with Crippen molar-refractivity contribution >= 4 is 16.7 Å². The summed E-state index contributed by atoms with van der Waals surface area (Å²) < 4.78 is 0. The van der Waals surface area contributed by atoms with Gasteiger partial charge < -0.3 is 0 Å². The van der Waals surface area contributed by atoms with Gasteiger partial charge in [-0.3, -0.25) is 0 Å². The molecule has 0 amide bonds. The minimum Gasteiger partial charge on any atom is -0.0619 e. The van der Waals surface area contributed by atoms with Gasteiger partial charge >= 0.3 is 0 Å². The molecule has 0 saturated heterocycles. The molecule has 4 aromatic rings. The fourth-order valence-electron chi connectivity index (χ4n) is 7.75. The normalized spacial score (nSPS) is 21.5. The molecule has 4 aromatic carbocycles.